The molecular formula is C57H73F2N9O6. The van der Waals surface area contributed by atoms with Gasteiger partial charge in [0.05, 0.1) is 60.5 Å². The van der Waals surface area contributed by atoms with Crippen LogP contribution in [-0.4, -0.2) is 94.7 Å². The molecule has 2 saturated carbocycles. The van der Waals surface area contributed by atoms with Gasteiger partial charge in [-0.3, -0.25) is 9.59 Å². The van der Waals surface area contributed by atoms with Gasteiger partial charge in [0.25, 0.3) is 0 Å². The van der Waals surface area contributed by atoms with Crippen molar-refractivity contribution in [1.82, 2.24) is 35.5 Å². The zero-order valence-electron chi connectivity index (χ0n) is 43.9. The Morgan fingerprint density at radius 1 is 0.689 bits per heavy atom. The van der Waals surface area contributed by atoms with E-state index in [0.29, 0.717) is 49.9 Å². The van der Waals surface area contributed by atoms with E-state index >= 15 is 8.78 Å². The quantitative estimate of drug-likeness (QED) is 0.0837. The molecule has 3 amide bonds. The number of likely N-dealkylation sites (tertiary alicyclic amines) is 1. The summed E-state index contributed by atoms with van der Waals surface area (Å²) in [6.07, 6.45) is 8.37. The second kappa shape index (κ2) is 21.2. The predicted molar refractivity (Wildman–Crippen MR) is 280 cm³/mol. The van der Waals surface area contributed by atoms with Gasteiger partial charge in [-0.15, -0.1) is 0 Å². The minimum absolute atomic E-state index is 0.0210. The number of fused-ring (bicyclic) bond motifs is 4. The number of aromatic amines is 2. The number of rotatable bonds is 14. The number of carbonyl (C=O) groups is 4. The summed E-state index contributed by atoms with van der Waals surface area (Å²) >= 11 is 0. The van der Waals surface area contributed by atoms with Crippen molar-refractivity contribution in [2.75, 3.05) is 43.7 Å². The van der Waals surface area contributed by atoms with Crippen molar-refractivity contribution in [1.29, 1.82) is 0 Å². The molecular weight excluding hydrogens is 945 g/mol. The van der Waals surface area contributed by atoms with E-state index in [1.807, 2.05) is 49.6 Å². The molecule has 396 valence electrons. The molecule has 10 rings (SSSR count). The Hall–Kier alpha value is -6.26. The van der Waals surface area contributed by atoms with Crippen molar-refractivity contribution in [2.45, 2.75) is 141 Å². The van der Waals surface area contributed by atoms with Crippen LogP contribution in [0.25, 0.3) is 22.1 Å². The van der Waals surface area contributed by atoms with Gasteiger partial charge in [-0.1, -0.05) is 53.2 Å². The fraction of sp³-hybridized carbons (Fsp3) is 0.579. The molecule has 5 aromatic rings. The standard InChI is InChI=1S/C57H73F2N9O6/c1-8-32-20-23-67(55(70)50(31(4)5)65-57(72)74-7)46(24-32)53-60-40-16-14-33(26-42(40)62-53)44-18-19-45(68(44)37-28-38(58)51(39(59)29-37)66-21-10-9-11-22-66)34-15-17-41-43(27-34)63-54(61-41)48-36-13-12-35(25-36)47(48)52(69)49(30(2)3)64-56(71)73-6/h14-17,26-32,35-36,44-50H,8-13,18-25H2,1-7H3,(H,60,62)(H,61,63)(H,64,71)(H,65,72)/t32?,35?,36?,44-,45-,46-,47?,48-,49+,50+/m1/s1. The molecule has 5 aliphatic rings. The molecule has 2 aromatic heterocycles. The summed E-state index contributed by atoms with van der Waals surface area (Å²) in [6, 6.07) is 13.0. The molecule has 5 heterocycles. The maximum absolute atomic E-state index is 16.6. The van der Waals surface area contributed by atoms with E-state index in [2.05, 4.69) is 56.7 Å². The Morgan fingerprint density at radius 2 is 1.26 bits per heavy atom. The number of H-pyrrole nitrogens is 2. The molecule has 4 N–H and O–H groups in total. The molecule has 3 saturated heterocycles. The van der Waals surface area contributed by atoms with E-state index in [4.69, 9.17) is 19.4 Å². The number of nitrogens with one attached hydrogen (secondary N) is 4. The van der Waals surface area contributed by atoms with Crippen LogP contribution in [0.15, 0.2) is 48.5 Å². The number of amides is 3. The molecule has 5 fully saturated rings. The minimum atomic E-state index is -0.772. The fourth-order valence-corrected chi connectivity index (χ4v) is 13.6. The summed E-state index contributed by atoms with van der Waals surface area (Å²) in [5, 5.41) is 5.58. The second-order valence-electron chi connectivity index (χ2n) is 22.5. The van der Waals surface area contributed by atoms with E-state index in [1.54, 1.807) is 0 Å². The van der Waals surface area contributed by atoms with E-state index in [1.165, 1.54) is 26.4 Å². The third-order valence-corrected chi connectivity index (χ3v) is 17.4. The normalized spacial score (nSPS) is 25.8. The summed E-state index contributed by atoms with van der Waals surface area (Å²) in [5.74, 6) is 0.295. The number of nitrogens with zero attached hydrogens (tertiary/aromatic N) is 5. The molecule has 74 heavy (non-hydrogen) atoms. The van der Waals surface area contributed by atoms with Crippen LogP contribution in [-0.2, 0) is 19.1 Å². The average molecular weight is 1020 g/mol. The number of hydrogen-bond acceptors (Lipinski definition) is 10. The molecule has 3 aromatic carbocycles. The number of piperidine rings is 2. The lowest BCUT2D eigenvalue weighted by molar-refractivity contribution is -0.139. The van der Waals surface area contributed by atoms with Gasteiger partial charge in [0, 0.05) is 37.2 Å². The van der Waals surface area contributed by atoms with Gasteiger partial charge in [0.15, 0.2) is 17.4 Å². The van der Waals surface area contributed by atoms with Gasteiger partial charge >= 0.3 is 12.2 Å². The van der Waals surface area contributed by atoms with Crippen molar-refractivity contribution in [3.05, 3.63) is 82.9 Å². The number of halogens is 2. The van der Waals surface area contributed by atoms with Crippen LogP contribution in [0.3, 0.4) is 0 Å². The number of anilines is 2. The highest BCUT2D eigenvalue weighted by Gasteiger charge is 2.54. The molecule has 2 aliphatic carbocycles. The van der Waals surface area contributed by atoms with Crippen LogP contribution in [0.2, 0.25) is 0 Å². The van der Waals surface area contributed by atoms with E-state index in [0.717, 1.165) is 96.8 Å². The first-order valence-corrected chi connectivity index (χ1v) is 27.2. The molecule has 17 heteroatoms. The van der Waals surface area contributed by atoms with E-state index in [-0.39, 0.29) is 71.0 Å². The van der Waals surface area contributed by atoms with Gasteiger partial charge in [0.2, 0.25) is 5.91 Å². The summed E-state index contributed by atoms with van der Waals surface area (Å²) in [4.78, 5) is 76.8. The van der Waals surface area contributed by atoms with Crippen molar-refractivity contribution >= 4 is 57.3 Å². The molecule has 3 aliphatic heterocycles. The largest absolute Gasteiger partial charge is 0.453 e. The van der Waals surface area contributed by atoms with Gasteiger partial charge in [0.1, 0.15) is 23.4 Å². The van der Waals surface area contributed by atoms with Crippen LogP contribution in [0.4, 0.5) is 29.7 Å². The lowest BCUT2D eigenvalue weighted by Gasteiger charge is -2.40. The Kier molecular flexibility index (Phi) is 14.7. The molecule has 0 spiro atoms. The zero-order chi connectivity index (χ0) is 52.1. The van der Waals surface area contributed by atoms with Gasteiger partial charge < -0.3 is 44.8 Å². The van der Waals surface area contributed by atoms with Crippen LogP contribution in [0.5, 0.6) is 0 Å². The van der Waals surface area contributed by atoms with Crippen molar-refractivity contribution < 1.29 is 37.4 Å². The third-order valence-electron chi connectivity index (χ3n) is 17.4. The predicted octanol–water partition coefficient (Wildman–Crippen LogP) is 10.9. The van der Waals surface area contributed by atoms with Crippen molar-refractivity contribution in [3.63, 3.8) is 0 Å². The lowest BCUT2D eigenvalue weighted by Crippen LogP contribution is -2.53. The Labute approximate surface area is 432 Å². The molecule has 4 unspecified atom stereocenters. The first kappa shape index (κ1) is 51.2. The number of methoxy groups -OCH3 is 2. The summed E-state index contributed by atoms with van der Waals surface area (Å²) in [7, 11) is 2.59. The van der Waals surface area contributed by atoms with Crippen LogP contribution >= 0.6 is 0 Å². The third kappa shape index (κ3) is 9.68. The van der Waals surface area contributed by atoms with Crippen LogP contribution < -0.4 is 20.4 Å². The highest BCUT2D eigenvalue weighted by molar-refractivity contribution is 5.91. The molecule has 10 atom stereocenters. The second-order valence-corrected chi connectivity index (χ2v) is 22.5. The average Bonchev–Trinajstić information content (AvgIpc) is 4.27. The Balaban J connectivity index is 0.990. The molecule has 0 radical (unpaired) electrons. The maximum Gasteiger partial charge on any atom is 0.407 e. The number of benzene rings is 3. The zero-order valence-corrected chi connectivity index (χ0v) is 43.9. The number of alkyl carbamates (subject to hydrolysis) is 2. The smallest absolute Gasteiger partial charge is 0.407 e. The number of ether oxygens (including phenoxy) is 2. The molecule has 15 nitrogen and oxygen atoms in total. The number of aromatic nitrogens is 4. The minimum Gasteiger partial charge on any atom is -0.453 e. The van der Waals surface area contributed by atoms with Gasteiger partial charge in [-0.05, 0) is 141 Å². The number of hydrogen-bond donors (Lipinski definition) is 4. The highest BCUT2D eigenvalue weighted by Crippen LogP contribution is 2.57. The van der Waals surface area contributed by atoms with E-state index in [9.17, 15) is 19.2 Å². The van der Waals surface area contributed by atoms with Crippen molar-refractivity contribution in [3.8, 4) is 0 Å². The SMILES string of the molecule is CCC1CCN(C(=O)[C@@H](NC(=O)OC)C(C)C)[C@@H](c2nc3ccc([C@H]4CC[C@H](c5ccc6nc([C@@H]7C8CCC(C8)C7C(=O)[C@@H](NC(=O)OC)C(C)C)[nH]c6c5)N4c4cc(F)c(N5CCCCC5)c(F)c4)cc3[nH]2)C1. The van der Waals surface area contributed by atoms with Crippen LogP contribution in [0.1, 0.15) is 152 Å². The number of imidazole rings is 2. The van der Waals surface area contributed by atoms with Crippen molar-refractivity contribution in [2.24, 2.45) is 35.5 Å². The fourth-order valence-electron chi connectivity index (χ4n) is 13.6. The first-order valence-electron chi connectivity index (χ1n) is 27.2. The van der Waals surface area contributed by atoms with E-state index < -0.39 is 35.9 Å². The number of carbonyl (C=O) groups excluding carboxylic acids is 4. The summed E-state index contributed by atoms with van der Waals surface area (Å²) in [6.45, 7) is 11.6. The highest BCUT2D eigenvalue weighted by atomic mass is 19.1. The first-order chi connectivity index (χ1) is 35.6. The molecule has 2 bridgehead atoms. The monoisotopic (exact) mass is 1020 g/mol. The number of Topliss-reactive ketones (excluding diaryl/α,β-unsaturated/α-hetero) is 1. The Bertz CT molecular complexity index is 2870. The van der Waals surface area contributed by atoms with Gasteiger partial charge in [-0.25, -0.2) is 28.3 Å². The summed E-state index contributed by atoms with van der Waals surface area (Å²) in [5.41, 5.74) is 5.55. The van der Waals surface area contributed by atoms with Crippen LogP contribution in [0, 0.1) is 47.1 Å². The topological polar surface area (TPSA) is 178 Å². The lowest BCUT2D eigenvalue weighted by atomic mass is 9.73. The van der Waals surface area contributed by atoms with Gasteiger partial charge in [-0.2, -0.15) is 0 Å². The summed E-state index contributed by atoms with van der Waals surface area (Å²) < 4.78 is 42.9. The Morgan fingerprint density at radius 3 is 1.84 bits per heavy atom. The number of ketones is 1. The maximum atomic E-state index is 16.6.